The van der Waals surface area contributed by atoms with Gasteiger partial charge in [0, 0.05) is 18.7 Å². The Morgan fingerprint density at radius 1 is 1.38 bits per heavy atom. The van der Waals surface area contributed by atoms with Crippen LogP contribution in [0.15, 0.2) is 23.4 Å². The topological polar surface area (TPSA) is 133 Å². The van der Waals surface area contributed by atoms with Crippen molar-refractivity contribution in [3.8, 4) is 6.07 Å². The lowest BCUT2D eigenvalue weighted by molar-refractivity contribution is -0.126. The Labute approximate surface area is 167 Å². The van der Waals surface area contributed by atoms with Crippen molar-refractivity contribution >= 4 is 22.8 Å². The highest BCUT2D eigenvalue weighted by Gasteiger charge is 2.31. The van der Waals surface area contributed by atoms with Gasteiger partial charge in [-0.25, -0.2) is 4.98 Å². The van der Waals surface area contributed by atoms with Gasteiger partial charge in [0.2, 0.25) is 11.8 Å². The molecule has 2 aromatic heterocycles. The van der Waals surface area contributed by atoms with Gasteiger partial charge in [-0.15, -0.1) is 0 Å². The fraction of sp³-hybridized carbons (Fsp3) is 0.550. The molecule has 0 unspecified atom stereocenters. The fourth-order valence-corrected chi connectivity index (χ4v) is 3.95. The van der Waals surface area contributed by atoms with E-state index in [-0.39, 0.29) is 35.2 Å². The zero-order chi connectivity index (χ0) is 20.4. The zero-order valence-corrected chi connectivity index (χ0v) is 16.1. The molecule has 0 bridgehead atoms. The summed E-state index contributed by atoms with van der Waals surface area (Å²) in [6.45, 7) is 0.596. The van der Waals surface area contributed by atoms with E-state index >= 15 is 0 Å². The predicted molar refractivity (Wildman–Crippen MR) is 105 cm³/mol. The second kappa shape index (κ2) is 8.07. The van der Waals surface area contributed by atoms with Gasteiger partial charge in [0.1, 0.15) is 12.1 Å². The molecule has 152 valence electrons. The molecule has 1 saturated heterocycles. The van der Waals surface area contributed by atoms with Crippen molar-refractivity contribution in [1.29, 1.82) is 5.26 Å². The number of imidazole rings is 1. The summed E-state index contributed by atoms with van der Waals surface area (Å²) in [6.07, 6.45) is 7.67. The van der Waals surface area contributed by atoms with Crippen LogP contribution < -0.4 is 16.2 Å². The minimum Gasteiger partial charge on any atom is -0.356 e. The van der Waals surface area contributed by atoms with Gasteiger partial charge in [-0.1, -0.05) is 12.8 Å². The van der Waals surface area contributed by atoms with Crippen LogP contribution in [0.3, 0.4) is 0 Å². The van der Waals surface area contributed by atoms with Crippen LogP contribution in [-0.2, 0) is 9.59 Å². The van der Waals surface area contributed by atoms with Crippen LogP contribution in [0.4, 0.5) is 0 Å². The van der Waals surface area contributed by atoms with Crippen LogP contribution in [0.2, 0.25) is 0 Å². The van der Waals surface area contributed by atoms with Crippen LogP contribution >= 0.6 is 0 Å². The van der Waals surface area contributed by atoms with Crippen molar-refractivity contribution in [3.63, 3.8) is 0 Å². The number of aromatic nitrogens is 3. The number of carbonyl (C=O) groups excluding carboxylic acids is 2. The summed E-state index contributed by atoms with van der Waals surface area (Å²) in [4.78, 5) is 44.7. The summed E-state index contributed by atoms with van der Waals surface area (Å²) in [5, 5.41) is 15.0. The van der Waals surface area contributed by atoms with Gasteiger partial charge in [-0.2, -0.15) is 5.26 Å². The molecule has 0 aromatic carbocycles. The summed E-state index contributed by atoms with van der Waals surface area (Å²) in [6, 6.07) is 2.33. The van der Waals surface area contributed by atoms with E-state index < -0.39 is 12.1 Å². The molecule has 3 atom stereocenters. The van der Waals surface area contributed by atoms with E-state index in [9.17, 15) is 19.6 Å². The Bertz CT molecular complexity index is 1020. The highest BCUT2D eigenvalue weighted by atomic mass is 16.2. The van der Waals surface area contributed by atoms with Crippen molar-refractivity contribution in [3.05, 3.63) is 28.9 Å². The molecule has 2 aromatic rings. The number of aromatic amines is 1. The number of H-pyrrole nitrogens is 1. The minimum atomic E-state index is -0.774. The van der Waals surface area contributed by atoms with Gasteiger partial charge >= 0.3 is 0 Å². The van der Waals surface area contributed by atoms with Gasteiger partial charge in [0.25, 0.3) is 5.56 Å². The zero-order valence-electron chi connectivity index (χ0n) is 16.1. The van der Waals surface area contributed by atoms with E-state index in [2.05, 4.69) is 26.7 Å². The summed E-state index contributed by atoms with van der Waals surface area (Å²) >= 11 is 0. The predicted octanol–water partition coefficient (Wildman–Crippen LogP) is 0.990. The standard InChI is InChI=1S/C20H24N6O3/c21-10-14(9-13-5-7-22-18(13)27)25-19(28)16(4-3-12-1-2-12)26-8-6-15-17(20(26)29)24-11-23-15/h6,8,11-14,16H,1-5,7,9H2,(H,22,27)(H,23,24)(H,25,28)/t13-,14-,16+/m0/s1. The number of pyridine rings is 1. The number of nitrogens with zero attached hydrogens (tertiary/aromatic N) is 3. The number of nitriles is 1. The molecule has 29 heavy (non-hydrogen) atoms. The van der Waals surface area contributed by atoms with Crippen LogP contribution in [-0.4, -0.2) is 38.9 Å². The number of amides is 2. The SMILES string of the molecule is N#C[C@H](C[C@@H]1CCNC1=O)NC(=O)[C@@H](CCC1CC1)n1ccc2[nH]cnc2c1=O. The van der Waals surface area contributed by atoms with Crippen LogP contribution in [0, 0.1) is 23.2 Å². The van der Waals surface area contributed by atoms with Crippen LogP contribution in [0.1, 0.15) is 44.6 Å². The molecule has 2 fully saturated rings. The third kappa shape index (κ3) is 4.16. The van der Waals surface area contributed by atoms with Crippen molar-refractivity contribution in [2.24, 2.45) is 11.8 Å². The molecule has 0 spiro atoms. The first kappa shape index (κ1) is 19.2. The van der Waals surface area contributed by atoms with Gasteiger partial charge in [-0.05, 0) is 37.7 Å². The summed E-state index contributed by atoms with van der Waals surface area (Å²) in [5.41, 5.74) is 0.578. The number of carbonyl (C=O) groups is 2. The fourth-order valence-electron chi connectivity index (χ4n) is 3.95. The number of fused-ring (bicyclic) bond motifs is 1. The molecule has 3 N–H and O–H groups in total. The van der Waals surface area contributed by atoms with E-state index in [1.165, 1.54) is 10.9 Å². The van der Waals surface area contributed by atoms with Gasteiger partial charge < -0.3 is 20.2 Å². The van der Waals surface area contributed by atoms with Crippen LogP contribution in [0.25, 0.3) is 11.0 Å². The van der Waals surface area contributed by atoms with E-state index in [0.29, 0.717) is 30.8 Å². The molecule has 1 saturated carbocycles. The summed E-state index contributed by atoms with van der Waals surface area (Å²) in [7, 11) is 0. The maximum absolute atomic E-state index is 13.1. The molecular weight excluding hydrogens is 372 g/mol. The Balaban J connectivity index is 1.54. The third-order valence-electron chi connectivity index (χ3n) is 5.85. The molecule has 9 nitrogen and oxygen atoms in total. The molecule has 3 heterocycles. The number of nitrogens with one attached hydrogen (secondary N) is 3. The molecule has 4 rings (SSSR count). The highest BCUT2D eigenvalue weighted by molar-refractivity contribution is 5.83. The molecule has 1 aliphatic heterocycles. The Hall–Kier alpha value is -3.15. The maximum atomic E-state index is 13.1. The summed E-state index contributed by atoms with van der Waals surface area (Å²) < 4.78 is 1.41. The second-order valence-electron chi connectivity index (χ2n) is 7.93. The van der Waals surface area contributed by atoms with Crippen molar-refractivity contribution in [2.45, 2.75) is 50.6 Å². The Kier molecular flexibility index (Phi) is 5.34. The first-order valence-corrected chi connectivity index (χ1v) is 10.1. The monoisotopic (exact) mass is 396 g/mol. The number of hydrogen-bond donors (Lipinski definition) is 3. The quantitative estimate of drug-likeness (QED) is 0.612. The lowest BCUT2D eigenvalue weighted by Crippen LogP contribution is -2.43. The second-order valence-corrected chi connectivity index (χ2v) is 7.93. The molecular formula is C20H24N6O3. The molecule has 1 aliphatic carbocycles. The lowest BCUT2D eigenvalue weighted by Gasteiger charge is -2.22. The third-order valence-corrected chi connectivity index (χ3v) is 5.85. The average molecular weight is 396 g/mol. The minimum absolute atomic E-state index is 0.0787. The molecule has 0 radical (unpaired) electrons. The first-order chi connectivity index (χ1) is 14.1. The molecule has 2 aliphatic rings. The molecule has 9 heteroatoms. The summed E-state index contributed by atoms with van der Waals surface area (Å²) in [5.74, 6) is -0.116. The largest absolute Gasteiger partial charge is 0.356 e. The van der Waals surface area contributed by atoms with E-state index in [1.807, 2.05) is 0 Å². The van der Waals surface area contributed by atoms with Crippen molar-refractivity contribution < 1.29 is 9.59 Å². The number of rotatable bonds is 8. The van der Waals surface area contributed by atoms with Crippen LogP contribution in [0.5, 0.6) is 0 Å². The van der Waals surface area contributed by atoms with Gasteiger partial charge in [0.05, 0.1) is 17.9 Å². The molecule has 2 amide bonds. The first-order valence-electron chi connectivity index (χ1n) is 10.1. The Morgan fingerprint density at radius 2 is 2.21 bits per heavy atom. The van der Waals surface area contributed by atoms with Gasteiger partial charge in [-0.3, -0.25) is 14.4 Å². The van der Waals surface area contributed by atoms with E-state index in [1.54, 1.807) is 12.3 Å². The number of hydrogen-bond acceptors (Lipinski definition) is 5. The Morgan fingerprint density at radius 3 is 2.90 bits per heavy atom. The van der Waals surface area contributed by atoms with Crippen molar-refractivity contribution in [2.75, 3.05) is 6.54 Å². The van der Waals surface area contributed by atoms with E-state index in [0.717, 1.165) is 19.3 Å². The average Bonchev–Trinajstić information content (AvgIpc) is 3.25. The van der Waals surface area contributed by atoms with Crippen molar-refractivity contribution in [1.82, 2.24) is 25.2 Å². The smallest absolute Gasteiger partial charge is 0.279 e. The lowest BCUT2D eigenvalue weighted by atomic mass is 9.98. The van der Waals surface area contributed by atoms with Gasteiger partial charge in [0.15, 0.2) is 5.52 Å². The maximum Gasteiger partial charge on any atom is 0.279 e. The normalized spacial score (nSPS) is 20.8. The van der Waals surface area contributed by atoms with E-state index in [4.69, 9.17) is 0 Å². The highest BCUT2D eigenvalue weighted by Crippen LogP contribution is 2.35.